The van der Waals surface area contributed by atoms with E-state index >= 15 is 0 Å². The van der Waals surface area contributed by atoms with E-state index in [-0.39, 0.29) is 11.7 Å². The standard InChI is InChI=1S/C27H34FN7O/c1-17-14-24(33-32-17)30-23-16-20(29-26(31-23)19-8-9-19)15-18-10-12-35(13-11-18)27(36)25(34(2)3)21-6-4-5-7-22(21)28/h4-7,14,16,18-19,25H,8-13,15H2,1-3H3,(H2,29,30,31,32,33). The highest BCUT2D eigenvalue weighted by Gasteiger charge is 2.33. The molecule has 1 aromatic carbocycles. The Bertz CT molecular complexity index is 1210. The van der Waals surface area contributed by atoms with E-state index in [0.29, 0.717) is 30.5 Å². The molecule has 2 aromatic heterocycles. The quantitative estimate of drug-likeness (QED) is 0.487. The van der Waals surface area contributed by atoms with Gasteiger partial charge in [0.1, 0.15) is 23.5 Å². The zero-order valence-corrected chi connectivity index (χ0v) is 21.2. The Morgan fingerprint density at radius 1 is 1.14 bits per heavy atom. The zero-order chi connectivity index (χ0) is 25.2. The summed E-state index contributed by atoms with van der Waals surface area (Å²) in [5.41, 5.74) is 2.45. The zero-order valence-electron chi connectivity index (χ0n) is 21.2. The first kappa shape index (κ1) is 24.4. The lowest BCUT2D eigenvalue weighted by atomic mass is 9.91. The Kier molecular flexibility index (Phi) is 7.00. The summed E-state index contributed by atoms with van der Waals surface area (Å²) in [7, 11) is 3.65. The van der Waals surface area contributed by atoms with Crippen molar-refractivity contribution in [1.29, 1.82) is 0 Å². The molecule has 5 rings (SSSR count). The first-order chi connectivity index (χ1) is 17.4. The number of benzene rings is 1. The SMILES string of the molecule is Cc1cc(Nc2cc(CC3CCN(C(=O)C(c4ccccc4F)N(C)C)CC3)nc(C3CC3)n2)n[nH]1. The van der Waals surface area contributed by atoms with Crippen LogP contribution < -0.4 is 5.32 Å². The molecule has 36 heavy (non-hydrogen) atoms. The van der Waals surface area contributed by atoms with Crippen LogP contribution in [-0.4, -0.2) is 63.1 Å². The Labute approximate surface area is 211 Å². The van der Waals surface area contributed by atoms with Gasteiger partial charge in [-0.05, 0) is 65.1 Å². The maximum Gasteiger partial charge on any atom is 0.244 e. The maximum atomic E-state index is 14.5. The molecule has 3 aromatic rings. The Morgan fingerprint density at radius 2 is 1.89 bits per heavy atom. The third kappa shape index (κ3) is 5.56. The van der Waals surface area contributed by atoms with Crippen molar-refractivity contribution >= 4 is 17.5 Å². The Balaban J connectivity index is 1.24. The number of carbonyl (C=O) groups excluding carboxylic acids is 1. The second-order valence-electron chi connectivity index (χ2n) is 10.3. The van der Waals surface area contributed by atoms with Crippen LogP contribution >= 0.6 is 0 Å². The van der Waals surface area contributed by atoms with Gasteiger partial charge in [-0.15, -0.1) is 0 Å². The number of rotatable bonds is 8. The summed E-state index contributed by atoms with van der Waals surface area (Å²) in [5.74, 6) is 2.94. The second-order valence-corrected chi connectivity index (χ2v) is 10.3. The number of piperidine rings is 1. The molecule has 0 radical (unpaired) electrons. The summed E-state index contributed by atoms with van der Waals surface area (Å²) in [6.45, 7) is 3.30. The van der Waals surface area contributed by atoms with Gasteiger partial charge >= 0.3 is 0 Å². The van der Waals surface area contributed by atoms with Crippen LogP contribution in [0.4, 0.5) is 16.0 Å². The summed E-state index contributed by atoms with van der Waals surface area (Å²) in [4.78, 5) is 26.7. The number of hydrogen-bond donors (Lipinski definition) is 2. The van der Waals surface area contributed by atoms with E-state index in [9.17, 15) is 9.18 Å². The van der Waals surface area contributed by atoms with Crippen LogP contribution in [0.3, 0.4) is 0 Å². The molecular weight excluding hydrogens is 457 g/mol. The van der Waals surface area contributed by atoms with Gasteiger partial charge in [0, 0.05) is 48.1 Å². The summed E-state index contributed by atoms with van der Waals surface area (Å²) in [6.07, 6.45) is 4.92. The van der Waals surface area contributed by atoms with Crippen LogP contribution in [0.5, 0.6) is 0 Å². The molecule has 190 valence electrons. The average molecular weight is 492 g/mol. The van der Waals surface area contributed by atoms with Crippen molar-refractivity contribution in [3.8, 4) is 0 Å². The van der Waals surface area contributed by atoms with E-state index in [1.54, 1.807) is 23.1 Å². The van der Waals surface area contributed by atoms with Gasteiger partial charge in [-0.3, -0.25) is 14.8 Å². The average Bonchev–Trinajstić information content (AvgIpc) is 3.63. The van der Waals surface area contributed by atoms with E-state index in [0.717, 1.165) is 61.0 Å². The van der Waals surface area contributed by atoms with Gasteiger partial charge in [-0.1, -0.05) is 18.2 Å². The Morgan fingerprint density at radius 3 is 2.53 bits per heavy atom. The molecular formula is C27H34FN7O. The fourth-order valence-corrected chi connectivity index (χ4v) is 4.98. The summed E-state index contributed by atoms with van der Waals surface area (Å²) < 4.78 is 14.5. The minimum absolute atomic E-state index is 0.0395. The van der Waals surface area contributed by atoms with Gasteiger partial charge in [0.25, 0.3) is 0 Å². The van der Waals surface area contributed by atoms with Crippen LogP contribution in [0.15, 0.2) is 36.4 Å². The molecule has 1 amide bonds. The molecule has 1 unspecified atom stereocenters. The number of anilines is 2. The number of aromatic amines is 1. The van der Waals surface area contributed by atoms with Crippen molar-refractivity contribution < 1.29 is 9.18 Å². The fraction of sp³-hybridized carbons (Fsp3) is 0.481. The number of halogens is 1. The minimum Gasteiger partial charge on any atom is -0.341 e. The van der Waals surface area contributed by atoms with E-state index in [1.165, 1.54) is 6.07 Å². The van der Waals surface area contributed by atoms with E-state index < -0.39 is 6.04 Å². The molecule has 0 bridgehead atoms. The van der Waals surface area contributed by atoms with Gasteiger partial charge in [0.15, 0.2) is 5.82 Å². The minimum atomic E-state index is -0.620. The van der Waals surface area contributed by atoms with Gasteiger partial charge in [-0.25, -0.2) is 14.4 Å². The molecule has 2 N–H and O–H groups in total. The number of aryl methyl sites for hydroxylation is 1. The van der Waals surface area contributed by atoms with E-state index in [1.807, 2.05) is 38.1 Å². The first-order valence-electron chi connectivity index (χ1n) is 12.7. The maximum absolute atomic E-state index is 14.5. The van der Waals surface area contributed by atoms with Crippen molar-refractivity contribution in [1.82, 2.24) is 30.0 Å². The summed E-state index contributed by atoms with van der Waals surface area (Å²) in [6, 6.07) is 9.90. The highest BCUT2D eigenvalue weighted by Crippen LogP contribution is 2.39. The largest absolute Gasteiger partial charge is 0.341 e. The number of nitrogens with one attached hydrogen (secondary N) is 2. The number of hydrogen-bond acceptors (Lipinski definition) is 6. The molecule has 1 aliphatic carbocycles. The molecule has 3 heterocycles. The highest BCUT2D eigenvalue weighted by atomic mass is 19.1. The summed E-state index contributed by atoms with van der Waals surface area (Å²) >= 11 is 0. The van der Waals surface area contributed by atoms with Crippen LogP contribution in [0, 0.1) is 18.7 Å². The van der Waals surface area contributed by atoms with Crippen LogP contribution in [-0.2, 0) is 11.2 Å². The topological polar surface area (TPSA) is 90.0 Å². The number of carbonyl (C=O) groups is 1. The molecule has 1 saturated heterocycles. The smallest absolute Gasteiger partial charge is 0.244 e. The Hall–Kier alpha value is -3.33. The predicted octanol–water partition coefficient (Wildman–Crippen LogP) is 4.35. The number of amides is 1. The first-order valence-corrected chi connectivity index (χ1v) is 12.7. The number of nitrogens with zero attached hydrogens (tertiary/aromatic N) is 5. The molecule has 0 spiro atoms. The fourth-order valence-electron chi connectivity index (χ4n) is 4.98. The van der Waals surface area contributed by atoms with Gasteiger partial charge < -0.3 is 10.2 Å². The van der Waals surface area contributed by atoms with Crippen LogP contribution in [0.1, 0.15) is 60.4 Å². The lowest BCUT2D eigenvalue weighted by molar-refractivity contribution is -0.137. The third-order valence-electron chi connectivity index (χ3n) is 7.08. The van der Waals surface area contributed by atoms with Crippen molar-refractivity contribution in [3.05, 3.63) is 65.0 Å². The van der Waals surface area contributed by atoms with Crippen LogP contribution in [0.2, 0.25) is 0 Å². The molecule has 1 aliphatic heterocycles. The molecule has 2 aliphatic rings. The molecule has 2 fully saturated rings. The number of likely N-dealkylation sites (tertiary alicyclic amines) is 1. The molecule has 1 atom stereocenters. The number of aromatic nitrogens is 4. The van der Waals surface area contributed by atoms with Gasteiger partial charge in [0.05, 0.1) is 0 Å². The number of H-pyrrole nitrogens is 1. The monoisotopic (exact) mass is 491 g/mol. The summed E-state index contributed by atoms with van der Waals surface area (Å²) in [5, 5.41) is 10.5. The predicted molar refractivity (Wildman–Crippen MR) is 136 cm³/mol. The van der Waals surface area contributed by atoms with Gasteiger partial charge in [0.2, 0.25) is 5.91 Å². The second kappa shape index (κ2) is 10.3. The number of likely N-dealkylation sites (N-methyl/N-ethyl adjacent to an activating group) is 1. The third-order valence-corrected chi connectivity index (χ3v) is 7.08. The van der Waals surface area contributed by atoms with Crippen molar-refractivity contribution in [2.75, 3.05) is 32.5 Å². The molecule has 8 nitrogen and oxygen atoms in total. The van der Waals surface area contributed by atoms with Crippen molar-refractivity contribution in [3.63, 3.8) is 0 Å². The van der Waals surface area contributed by atoms with Crippen LogP contribution in [0.25, 0.3) is 0 Å². The van der Waals surface area contributed by atoms with Gasteiger partial charge in [-0.2, -0.15) is 5.10 Å². The normalized spacial score (nSPS) is 17.4. The van der Waals surface area contributed by atoms with E-state index in [4.69, 9.17) is 9.97 Å². The van der Waals surface area contributed by atoms with E-state index in [2.05, 4.69) is 15.5 Å². The lowest BCUT2D eigenvalue weighted by Crippen LogP contribution is -2.45. The lowest BCUT2D eigenvalue weighted by Gasteiger charge is -2.36. The van der Waals surface area contributed by atoms with Crippen molar-refractivity contribution in [2.45, 2.75) is 51.0 Å². The molecule has 9 heteroatoms. The molecule has 1 saturated carbocycles. The highest BCUT2D eigenvalue weighted by molar-refractivity contribution is 5.83. The van der Waals surface area contributed by atoms with Crippen molar-refractivity contribution in [2.24, 2.45) is 5.92 Å².